The lowest BCUT2D eigenvalue weighted by Gasteiger charge is -2.23. The van der Waals surface area contributed by atoms with E-state index in [0.29, 0.717) is 6.42 Å². The molecule has 0 aliphatic heterocycles. The highest BCUT2D eigenvalue weighted by Crippen LogP contribution is 2.08. The Labute approximate surface area is 90.4 Å². The van der Waals surface area contributed by atoms with E-state index in [1.54, 1.807) is 11.6 Å². The van der Waals surface area contributed by atoms with Gasteiger partial charge in [-0.25, -0.2) is 0 Å². The molecule has 3 N–H and O–H groups in total. The van der Waals surface area contributed by atoms with Gasteiger partial charge in [0.2, 0.25) is 0 Å². The largest absolute Gasteiger partial charge is 0.318 e. The summed E-state index contributed by atoms with van der Waals surface area (Å²) in [6.45, 7) is 7.51. The number of nitrogens with zero attached hydrogens (tertiary/aromatic N) is 1. The van der Waals surface area contributed by atoms with E-state index in [-0.39, 0.29) is 5.91 Å². The van der Waals surface area contributed by atoms with Gasteiger partial charge in [-0.1, -0.05) is 6.92 Å². The Morgan fingerprint density at radius 1 is 1.47 bits per heavy atom. The Morgan fingerprint density at radius 3 is 2.33 bits per heavy atom. The zero-order valence-corrected chi connectivity index (χ0v) is 9.79. The number of nitrogens with two attached hydrogens (primary N) is 1. The lowest BCUT2D eigenvalue weighted by atomic mass is 10.0. The number of carbonyl (C=O) groups excluding carboxylic acids is 1. The van der Waals surface area contributed by atoms with E-state index in [0.717, 1.165) is 11.4 Å². The summed E-state index contributed by atoms with van der Waals surface area (Å²) >= 11 is 0. The zero-order chi connectivity index (χ0) is 11.6. The number of aromatic nitrogens is 1. The third kappa shape index (κ3) is 2.39. The third-order valence-corrected chi connectivity index (χ3v) is 2.74. The minimum Gasteiger partial charge on any atom is -0.318 e. The average molecular weight is 209 g/mol. The topological polar surface area (TPSA) is 60.1 Å². The molecule has 15 heavy (non-hydrogen) atoms. The Hall–Kier alpha value is -1.29. The molecule has 0 fully saturated rings. The molecule has 0 spiro atoms. The predicted octanol–water partition coefficient (Wildman–Crippen LogP) is 1.30. The standard InChI is InChI=1S/C11H19N3O/c1-5-11(4,12)10(15)13-14-8(2)6-7-9(14)3/h6-7H,5,12H2,1-4H3,(H,13,15). The molecule has 1 atom stereocenters. The van der Waals surface area contributed by atoms with Crippen LogP contribution in [0.1, 0.15) is 31.7 Å². The summed E-state index contributed by atoms with van der Waals surface area (Å²) in [4.78, 5) is 11.8. The van der Waals surface area contributed by atoms with E-state index in [1.807, 2.05) is 32.9 Å². The molecule has 4 nitrogen and oxygen atoms in total. The number of aryl methyl sites for hydroxylation is 2. The van der Waals surface area contributed by atoms with E-state index < -0.39 is 5.54 Å². The van der Waals surface area contributed by atoms with Crippen LogP contribution in [0, 0.1) is 13.8 Å². The van der Waals surface area contributed by atoms with E-state index >= 15 is 0 Å². The van der Waals surface area contributed by atoms with Crippen molar-refractivity contribution in [2.24, 2.45) is 5.73 Å². The number of hydrogen-bond donors (Lipinski definition) is 2. The minimum atomic E-state index is -0.816. The Kier molecular flexibility index (Phi) is 3.19. The Bertz CT molecular complexity index is 346. The molecule has 4 heteroatoms. The van der Waals surface area contributed by atoms with Crippen LogP contribution in [0.4, 0.5) is 0 Å². The zero-order valence-electron chi connectivity index (χ0n) is 9.79. The van der Waals surface area contributed by atoms with Gasteiger partial charge in [-0.05, 0) is 39.3 Å². The van der Waals surface area contributed by atoms with Crippen molar-refractivity contribution in [2.45, 2.75) is 39.7 Å². The Balaban J connectivity index is 2.84. The number of carbonyl (C=O) groups is 1. The van der Waals surface area contributed by atoms with Crippen LogP contribution in [0.15, 0.2) is 12.1 Å². The van der Waals surface area contributed by atoms with Gasteiger partial charge in [0.25, 0.3) is 5.91 Å². The third-order valence-electron chi connectivity index (χ3n) is 2.74. The van der Waals surface area contributed by atoms with Crippen molar-refractivity contribution in [2.75, 3.05) is 5.43 Å². The van der Waals surface area contributed by atoms with E-state index in [1.165, 1.54) is 0 Å². The van der Waals surface area contributed by atoms with Crippen molar-refractivity contribution in [3.8, 4) is 0 Å². The molecule has 0 bridgehead atoms. The molecule has 0 aromatic carbocycles. The van der Waals surface area contributed by atoms with Gasteiger partial charge in [-0.2, -0.15) is 0 Å². The van der Waals surface area contributed by atoms with Crippen molar-refractivity contribution >= 4 is 5.91 Å². The SMILES string of the molecule is CCC(C)(N)C(=O)Nn1c(C)ccc1C. The van der Waals surface area contributed by atoms with Gasteiger partial charge in [0.05, 0.1) is 5.54 Å². The maximum atomic E-state index is 11.8. The van der Waals surface area contributed by atoms with E-state index in [2.05, 4.69) is 5.43 Å². The van der Waals surface area contributed by atoms with Gasteiger partial charge in [0, 0.05) is 11.4 Å². The number of amides is 1. The molecular weight excluding hydrogens is 190 g/mol. The fourth-order valence-corrected chi connectivity index (χ4v) is 1.23. The van der Waals surface area contributed by atoms with Crippen LogP contribution in [-0.4, -0.2) is 16.1 Å². The number of hydrogen-bond acceptors (Lipinski definition) is 2. The summed E-state index contributed by atoms with van der Waals surface area (Å²) in [5.41, 5.74) is 9.82. The highest BCUT2D eigenvalue weighted by molar-refractivity contribution is 5.92. The highest BCUT2D eigenvalue weighted by atomic mass is 16.2. The van der Waals surface area contributed by atoms with E-state index in [4.69, 9.17) is 5.73 Å². The molecule has 84 valence electrons. The van der Waals surface area contributed by atoms with Gasteiger partial charge in [-0.15, -0.1) is 0 Å². The summed E-state index contributed by atoms with van der Waals surface area (Å²) in [6.07, 6.45) is 0.609. The van der Waals surface area contributed by atoms with Crippen molar-refractivity contribution in [3.63, 3.8) is 0 Å². The molecule has 1 amide bonds. The molecule has 1 heterocycles. The van der Waals surface area contributed by atoms with Gasteiger partial charge < -0.3 is 5.73 Å². The summed E-state index contributed by atoms with van der Waals surface area (Å²) in [6, 6.07) is 3.91. The van der Waals surface area contributed by atoms with Crippen molar-refractivity contribution in [3.05, 3.63) is 23.5 Å². The van der Waals surface area contributed by atoms with Gasteiger partial charge in [0.1, 0.15) is 0 Å². The van der Waals surface area contributed by atoms with Crippen LogP contribution in [0.3, 0.4) is 0 Å². The first kappa shape index (κ1) is 11.8. The molecule has 1 aromatic rings. The molecule has 0 saturated carbocycles. The second-order valence-corrected chi connectivity index (χ2v) is 4.16. The first-order chi connectivity index (χ1) is 6.88. The van der Waals surface area contributed by atoms with Crippen LogP contribution in [-0.2, 0) is 4.79 Å². The van der Waals surface area contributed by atoms with Crippen LogP contribution >= 0.6 is 0 Å². The number of rotatable bonds is 3. The minimum absolute atomic E-state index is 0.160. The normalized spacial score (nSPS) is 14.7. The second kappa shape index (κ2) is 4.06. The molecular formula is C11H19N3O. The maximum Gasteiger partial charge on any atom is 0.258 e. The van der Waals surface area contributed by atoms with Crippen molar-refractivity contribution in [1.82, 2.24) is 4.68 Å². The molecule has 0 aliphatic rings. The van der Waals surface area contributed by atoms with Crippen LogP contribution in [0.2, 0.25) is 0 Å². The smallest absolute Gasteiger partial charge is 0.258 e. The second-order valence-electron chi connectivity index (χ2n) is 4.16. The van der Waals surface area contributed by atoms with Crippen molar-refractivity contribution < 1.29 is 4.79 Å². The molecule has 1 unspecified atom stereocenters. The first-order valence-corrected chi connectivity index (χ1v) is 5.13. The summed E-state index contributed by atoms with van der Waals surface area (Å²) < 4.78 is 1.75. The molecule has 1 rings (SSSR count). The van der Waals surface area contributed by atoms with E-state index in [9.17, 15) is 4.79 Å². The van der Waals surface area contributed by atoms with Gasteiger partial charge >= 0.3 is 0 Å². The maximum absolute atomic E-state index is 11.8. The van der Waals surface area contributed by atoms with Gasteiger partial charge in [0.15, 0.2) is 0 Å². The first-order valence-electron chi connectivity index (χ1n) is 5.13. The highest BCUT2D eigenvalue weighted by Gasteiger charge is 2.26. The monoisotopic (exact) mass is 209 g/mol. The summed E-state index contributed by atoms with van der Waals surface area (Å²) in [5.74, 6) is -0.160. The van der Waals surface area contributed by atoms with Crippen molar-refractivity contribution in [1.29, 1.82) is 0 Å². The predicted molar refractivity (Wildman–Crippen MR) is 61.2 cm³/mol. The fraction of sp³-hybridized carbons (Fsp3) is 0.545. The quantitative estimate of drug-likeness (QED) is 0.788. The summed E-state index contributed by atoms with van der Waals surface area (Å²) in [5, 5.41) is 0. The molecule has 0 radical (unpaired) electrons. The average Bonchev–Trinajstić information content (AvgIpc) is 2.49. The lowest BCUT2D eigenvalue weighted by molar-refractivity contribution is -0.121. The molecule has 1 aromatic heterocycles. The summed E-state index contributed by atoms with van der Waals surface area (Å²) in [7, 11) is 0. The van der Waals surface area contributed by atoms with Gasteiger partial charge in [-0.3, -0.25) is 14.9 Å². The Morgan fingerprint density at radius 2 is 1.93 bits per heavy atom. The number of nitrogens with one attached hydrogen (secondary N) is 1. The molecule has 0 aliphatic carbocycles. The van der Waals surface area contributed by atoms with Crippen LogP contribution in [0.25, 0.3) is 0 Å². The van der Waals surface area contributed by atoms with Crippen LogP contribution < -0.4 is 11.2 Å². The fourth-order valence-electron chi connectivity index (χ4n) is 1.23. The molecule has 0 saturated heterocycles. The lowest BCUT2D eigenvalue weighted by Crippen LogP contribution is -2.50. The van der Waals surface area contributed by atoms with Crippen LogP contribution in [0.5, 0.6) is 0 Å².